The topological polar surface area (TPSA) is 41.6 Å². The normalized spacial score (nSPS) is 11.0. The molecule has 0 radical (unpaired) electrons. The summed E-state index contributed by atoms with van der Waals surface area (Å²) < 4.78 is 12.8. The molecular weight excluding hydrogens is 229 g/mol. The monoisotopic (exact) mass is 241 g/mol. The number of imidazole rings is 1. The Hall–Kier alpha value is -2.23. The third kappa shape index (κ3) is 2.09. The van der Waals surface area contributed by atoms with E-state index in [0.29, 0.717) is 6.42 Å². The number of aromatic nitrogens is 3. The molecule has 3 rings (SSSR count). The Morgan fingerprint density at radius 2 is 2.00 bits per heavy atom. The van der Waals surface area contributed by atoms with E-state index >= 15 is 0 Å². The van der Waals surface area contributed by atoms with Crippen LogP contribution in [-0.4, -0.2) is 15.0 Å². The van der Waals surface area contributed by atoms with Crippen LogP contribution in [0, 0.1) is 12.7 Å². The number of nitrogens with zero attached hydrogens (tertiary/aromatic N) is 2. The molecule has 0 aliphatic heterocycles. The zero-order valence-corrected chi connectivity index (χ0v) is 9.94. The molecule has 0 aliphatic rings. The van der Waals surface area contributed by atoms with Crippen LogP contribution in [0.4, 0.5) is 4.39 Å². The van der Waals surface area contributed by atoms with Crippen molar-refractivity contribution >= 4 is 11.2 Å². The molecule has 0 aliphatic carbocycles. The SMILES string of the molecule is Cc1cnc2nc(Cc3ccc(F)cc3)[nH]c2c1. The fourth-order valence-corrected chi connectivity index (χ4v) is 1.93. The van der Waals surface area contributed by atoms with Crippen LogP contribution in [0.15, 0.2) is 36.5 Å². The molecule has 0 fully saturated rings. The van der Waals surface area contributed by atoms with Crippen LogP contribution in [-0.2, 0) is 6.42 Å². The zero-order chi connectivity index (χ0) is 12.5. The zero-order valence-electron chi connectivity index (χ0n) is 9.94. The minimum Gasteiger partial charge on any atom is -0.340 e. The Kier molecular flexibility index (Phi) is 2.55. The Balaban J connectivity index is 1.92. The van der Waals surface area contributed by atoms with E-state index in [0.717, 1.165) is 28.1 Å². The van der Waals surface area contributed by atoms with Gasteiger partial charge in [-0.05, 0) is 36.2 Å². The maximum Gasteiger partial charge on any atom is 0.177 e. The van der Waals surface area contributed by atoms with Gasteiger partial charge < -0.3 is 4.98 Å². The maximum absolute atomic E-state index is 12.8. The summed E-state index contributed by atoms with van der Waals surface area (Å²) in [6, 6.07) is 8.46. The number of fused-ring (bicyclic) bond motifs is 1. The first-order valence-electron chi connectivity index (χ1n) is 5.76. The Bertz CT molecular complexity index is 686. The molecule has 0 saturated heterocycles. The highest BCUT2D eigenvalue weighted by molar-refractivity contribution is 5.71. The number of rotatable bonds is 2. The van der Waals surface area contributed by atoms with E-state index in [1.165, 1.54) is 12.1 Å². The first-order chi connectivity index (χ1) is 8.70. The summed E-state index contributed by atoms with van der Waals surface area (Å²) in [5, 5.41) is 0. The highest BCUT2D eigenvalue weighted by Gasteiger charge is 2.05. The number of aryl methyl sites for hydroxylation is 1. The largest absolute Gasteiger partial charge is 0.340 e. The van der Waals surface area contributed by atoms with Crippen molar-refractivity contribution in [3.63, 3.8) is 0 Å². The van der Waals surface area contributed by atoms with Crippen molar-refractivity contribution in [3.05, 3.63) is 59.3 Å². The number of pyridine rings is 1. The van der Waals surface area contributed by atoms with Crippen molar-refractivity contribution in [1.82, 2.24) is 15.0 Å². The molecule has 90 valence electrons. The lowest BCUT2D eigenvalue weighted by Gasteiger charge is -1.97. The van der Waals surface area contributed by atoms with Gasteiger partial charge in [0.2, 0.25) is 0 Å². The number of hydrogen-bond acceptors (Lipinski definition) is 2. The van der Waals surface area contributed by atoms with Crippen LogP contribution in [0.25, 0.3) is 11.2 Å². The van der Waals surface area contributed by atoms with Crippen LogP contribution in [0.2, 0.25) is 0 Å². The summed E-state index contributed by atoms with van der Waals surface area (Å²) in [5.41, 5.74) is 3.77. The Morgan fingerprint density at radius 1 is 1.22 bits per heavy atom. The summed E-state index contributed by atoms with van der Waals surface area (Å²) in [4.78, 5) is 11.9. The van der Waals surface area contributed by atoms with Crippen molar-refractivity contribution in [1.29, 1.82) is 0 Å². The molecule has 0 bridgehead atoms. The van der Waals surface area contributed by atoms with Crippen molar-refractivity contribution < 1.29 is 4.39 Å². The minimum atomic E-state index is -0.222. The van der Waals surface area contributed by atoms with Gasteiger partial charge in [-0.1, -0.05) is 12.1 Å². The molecule has 0 unspecified atom stereocenters. The first kappa shape index (κ1) is 10.9. The van der Waals surface area contributed by atoms with E-state index in [-0.39, 0.29) is 5.82 Å². The molecule has 1 aromatic carbocycles. The van der Waals surface area contributed by atoms with Gasteiger partial charge in [0, 0.05) is 12.6 Å². The minimum absolute atomic E-state index is 0.222. The Morgan fingerprint density at radius 3 is 2.78 bits per heavy atom. The summed E-state index contributed by atoms with van der Waals surface area (Å²) in [6.45, 7) is 1.99. The van der Waals surface area contributed by atoms with Gasteiger partial charge in [0.05, 0.1) is 5.52 Å². The average Bonchev–Trinajstić information content (AvgIpc) is 2.73. The molecule has 4 heteroatoms. The molecular formula is C14H12FN3. The number of H-pyrrole nitrogens is 1. The molecule has 1 N–H and O–H groups in total. The number of nitrogens with one attached hydrogen (secondary N) is 1. The summed E-state index contributed by atoms with van der Waals surface area (Å²) in [5.74, 6) is 0.621. The molecule has 0 atom stereocenters. The fourth-order valence-electron chi connectivity index (χ4n) is 1.93. The lowest BCUT2D eigenvalue weighted by molar-refractivity contribution is 0.627. The van der Waals surface area contributed by atoms with Gasteiger partial charge in [0.1, 0.15) is 11.6 Å². The smallest absolute Gasteiger partial charge is 0.177 e. The van der Waals surface area contributed by atoms with Crippen LogP contribution in [0.3, 0.4) is 0 Å². The summed E-state index contributed by atoms with van der Waals surface area (Å²) in [7, 11) is 0. The number of aromatic amines is 1. The number of benzene rings is 1. The lowest BCUT2D eigenvalue weighted by Crippen LogP contribution is -1.90. The Labute approximate surface area is 104 Å². The summed E-state index contributed by atoms with van der Waals surface area (Å²) in [6.07, 6.45) is 2.44. The molecule has 2 aromatic heterocycles. The van der Waals surface area contributed by atoms with Crippen molar-refractivity contribution in [2.75, 3.05) is 0 Å². The van der Waals surface area contributed by atoms with E-state index in [1.807, 2.05) is 13.0 Å². The molecule has 0 spiro atoms. The second-order valence-electron chi connectivity index (χ2n) is 4.37. The van der Waals surface area contributed by atoms with E-state index in [2.05, 4.69) is 15.0 Å². The summed E-state index contributed by atoms with van der Waals surface area (Å²) >= 11 is 0. The van der Waals surface area contributed by atoms with E-state index < -0.39 is 0 Å². The van der Waals surface area contributed by atoms with Gasteiger partial charge in [-0.25, -0.2) is 14.4 Å². The van der Waals surface area contributed by atoms with Crippen LogP contribution < -0.4 is 0 Å². The van der Waals surface area contributed by atoms with E-state index in [9.17, 15) is 4.39 Å². The predicted molar refractivity (Wildman–Crippen MR) is 67.8 cm³/mol. The first-order valence-corrected chi connectivity index (χ1v) is 5.76. The molecule has 3 nitrogen and oxygen atoms in total. The molecule has 0 saturated carbocycles. The highest BCUT2D eigenvalue weighted by atomic mass is 19.1. The van der Waals surface area contributed by atoms with Crippen molar-refractivity contribution in [3.8, 4) is 0 Å². The van der Waals surface area contributed by atoms with Gasteiger partial charge >= 0.3 is 0 Å². The van der Waals surface area contributed by atoms with Gasteiger partial charge in [-0.3, -0.25) is 0 Å². The second-order valence-corrected chi connectivity index (χ2v) is 4.37. The maximum atomic E-state index is 12.8. The number of hydrogen-bond donors (Lipinski definition) is 1. The average molecular weight is 241 g/mol. The third-order valence-corrected chi connectivity index (χ3v) is 2.81. The van der Waals surface area contributed by atoms with Crippen LogP contribution in [0.1, 0.15) is 17.0 Å². The molecule has 3 aromatic rings. The van der Waals surface area contributed by atoms with Crippen LogP contribution >= 0.6 is 0 Å². The fraction of sp³-hybridized carbons (Fsp3) is 0.143. The van der Waals surface area contributed by atoms with Gasteiger partial charge in [-0.2, -0.15) is 0 Å². The van der Waals surface area contributed by atoms with Crippen molar-refractivity contribution in [2.24, 2.45) is 0 Å². The van der Waals surface area contributed by atoms with Gasteiger partial charge in [-0.15, -0.1) is 0 Å². The molecule has 18 heavy (non-hydrogen) atoms. The van der Waals surface area contributed by atoms with Gasteiger partial charge in [0.25, 0.3) is 0 Å². The third-order valence-electron chi connectivity index (χ3n) is 2.81. The second kappa shape index (κ2) is 4.22. The lowest BCUT2D eigenvalue weighted by atomic mass is 10.1. The molecule has 0 amide bonds. The van der Waals surface area contributed by atoms with E-state index in [4.69, 9.17) is 0 Å². The highest BCUT2D eigenvalue weighted by Crippen LogP contribution is 2.13. The number of halogens is 1. The van der Waals surface area contributed by atoms with Gasteiger partial charge in [0.15, 0.2) is 5.65 Å². The predicted octanol–water partition coefficient (Wildman–Crippen LogP) is 3.00. The van der Waals surface area contributed by atoms with E-state index in [1.54, 1.807) is 18.3 Å². The van der Waals surface area contributed by atoms with Crippen molar-refractivity contribution in [2.45, 2.75) is 13.3 Å². The standard InChI is InChI=1S/C14H12FN3/c1-9-6-12-14(16-8-9)18-13(17-12)7-10-2-4-11(15)5-3-10/h2-6,8H,7H2,1H3,(H,16,17,18). The van der Waals surface area contributed by atoms with Crippen LogP contribution in [0.5, 0.6) is 0 Å². The molecule has 2 heterocycles. The quantitative estimate of drug-likeness (QED) is 0.749.